The molecule has 1 fully saturated rings. The minimum atomic E-state index is -0.330. The summed E-state index contributed by atoms with van der Waals surface area (Å²) >= 11 is 2.64. The van der Waals surface area contributed by atoms with E-state index in [9.17, 15) is 14.4 Å². The van der Waals surface area contributed by atoms with Crippen molar-refractivity contribution in [2.45, 2.75) is 63.9 Å². The van der Waals surface area contributed by atoms with E-state index in [0.29, 0.717) is 57.0 Å². The van der Waals surface area contributed by atoms with E-state index in [2.05, 4.69) is 13.8 Å². The van der Waals surface area contributed by atoms with Gasteiger partial charge in [0.05, 0.1) is 15.5 Å². The number of benzene rings is 1. The summed E-state index contributed by atoms with van der Waals surface area (Å²) in [4.78, 5) is 49.9. The molecule has 204 valence electrons. The first kappa shape index (κ1) is 28.4. The molecule has 3 unspecified atom stereocenters. The molecular formula is C29H38N4O3S2. The zero-order chi connectivity index (χ0) is 27.6. The van der Waals surface area contributed by atoms with Gasteiger partial charge in [-0.05, 0) is 49.1 Å². The molecule has 4 rings (SSSR count). The van der Waals surface area contributed by atoms with Gasteiger partial charge < -0.3 is 9.80 Å². The number of carbonyl (C=O) groups excluding carboxylic acids is 2. The number of piperidine rings is 1. The Bertz CT molecular complexity index is 1360. The molecule has 3 aromatic rings. The van der Waals surface area contributed by atoms with E-state index in [1.807, 2.05) is 49.1 Å². The molecule has 1 aliphatic rings. The Labute approximate surface area is 233 Å². The number of fused-ring (bicyclic) bond motifs is 1. The molecule has 38 heavy (non-hydrogen) atoms. The molecule has 1 saturated heterocycles. The summed E-state index contributed by atoms with van der Waals surface area (Å²) in [5.41, 5.74) is 1.65. The molecular weight excluding hydrogens is 516 g/mol. The molecule has 0 saturated carbocycles. The van der Waals surface area contributed by atoms with Crippen molar-refractivity contribution in [2.75, 3.05) is 27.2 Å². The van der Waals surface area contributed by atoms with Gasteiger partial charge in [0.2, 0.25) is 5.91 Å². The van der Waals surface area contributed by atoms with Crippen LogP contribution < -0.4 is 5.56 Å². The maximum atomic E-state index is 13.9. The highest BCUT2D eigenvalue weighted by Gasteiger charge is 2.31. The van der Waals surface area contributed by atoms with Crippen molar-refractivity contribution in [3.8, 4) is 0 Å². The molecule has 2 amide bonds. The van der Waals surface area contributed by atoms with Gasteiger partial charge in [0, 0.05) is 33.7 Å². The minimum absolute atomic E-state index is 0.116. The normalized spacial score (nSPS) is 18.5. The summed E-state index contributed by atoms with van der Waals surface area (Å²) in [7, 11) is 3.41. The number of aromatic nitrogens is 2. The summed E-state index contributed by atoms with van der Waals surface area (Å²) in [6.45, 7) is 10.2. The van der Waals surface area contributed by atoms with Crippen LogP contribution in [0.4, 0.5) is 0 Å². The predicted molar refractivity (Wildman–Crippen MR) is 156 cm³/mol. The lowest BCUT2D eigenvalue weighted by atomic mass is 9.91. The zero-order valence-corrected chi connectivity index (χ0v) is 24.8. The minimum Gasteiger partial charge on any atom is -0.344 e. The van der Waals surface area contributed by atoms with Crippen LogP contribution in [0.3, 0.4) is 0 Å². The molecule has 0 bridgehead atoms. The Balaban J connectivity index is 1.74. The fraction of sp³-hybridized carbons (Fsp3) is 0.517. The average molecular weight is 555 g/mol. The number of thioether (sulfide) groups is 1. The van der Waals surface area contributed by atoms with Crippen molar-refractivity contribution in [3.05, 3.63) is 56.7 Å². The fourth-order valence-electron chi connectivity index (χ4n) is 5.26. The highest BCUT2D eigenvalue weighted by molar-refractivity contribution is 8.00. The van der Waals surface area contributed by atoms with Crippen LogP contribution in [0.2, 0.25) is 0 Å². The number of hydrogen-bond donors (Lipinski definition) is 0. The Morgan fingerprint density at radius 1 is 1.16 bits per heavy atom. The quantitative estimate of drug-likeness (QED) is 0.287. The third-order valence-electron chi connectivity index (χ3n) is 7.16. The zero-order valence-electron chi connectivity index (χ0n) is 23.2. The largest absolute Gasteiger partial charge is 0.344 e. The summed E-state index contributed by atoms with van der Waals surface area (Å²) in [5.74, 6) is 0.937. The van der Waals surface area contributed by atoms with Crippen LogP contribution in [0.5, 0.6) is 0 Å². The maximum Gasteiger partial charge on any atom is 0.263 e. The van der Waals surface area contributed by atoms with Crippen LogP contribution in [0.1, 0.15) is 54.4 Å². The summed E-state index contributed by atoms with van der Waals surface area (Å²) in [5, 5.41) is 0.710. The van der Waals surface area contributed by atoms with Gasteiger partial charge in [0.1, 0.15) is 4.83 Å². The fourth-order valence-corrected chi connectivity index (χ4v) is 7.63. The van der Waals surface area contributed by atoms with Gasteiger partial charge in [0.25, 0.3) is 11.5 Å². The Morgan fingerprint density at radius 3 is 2.42 bits per heavy atom. The third-order valence-corrected chi connectivity index (χ3v) is 9.67. The molecule has 1 aliphatic heterocycles. The van der Waals surface area contributed by atoms with Gasteiger partial charge in [-0.1, -0.05) is 62.9 Å². The average Bonchev–Trinajstić information content (AvgIpc) is 3.21. The molecule has 3 atom stereocenters. The number of thiophene rings is 1. The van der Waals surface area contributed by atoms with Crippen LogP contribution in [0, 0.1) is 18.8 Å². The van der Waals surface area contributed by atoms with Crippen LogP contribution in [-0.2, 0) is 17.8 Å². The van der Waals surface area contributed by atoms with Gasteiger partial charge in [0.15, 0.2) is 5.16 Å². The van der Waals surface area contributed by atoms with Crippen molar-refractivity contribution in [2.24, 2.45) is 11.8 Å². The van der Waals surface area contributed by atoms with Gasteiger partial charge in [-0.15, -0.1) is 11.3 Å². The molecule has 1 aromatic carbocycles. The second-order valence-electron chi connectivity index (χ2n) is 10.7. The summed E-state index contributed by atoms with van der Waals surface area (Å²) in [6, 6.07) is 10.0. The lowest BCUT2D eigenvalue weighted by molar-refractivity contribution is -0.133. The first-order valence-electron chi connectivity index (χ1n) is 13.4. The van der Waals surface area contributed by atoms with Crippen LogP contribution in [0.15, 0.2) is 40.3 Å². The first-order valence-corrected chi connectivity index (χ1v) is 15.0. The Morgan fingerprint density at radius 2 is 1.82 bits per heavy atom. The number of nitrogens with zero attached hydrogens (tertiary/aromatic N) is 4. The molecule has 2 aromatic heterocycles. The van der Waals surface area contributed by atoms with Gasteiger partial charge in [-0.3, -0.25) is 19.0 Å². The lowest BCUT2D eigenvalue weighted by Gasteiger charge is -2.36. The van der Waals surface area contributed by atoms with E-state index in [1.54, 1.807) is 18.7 Å². The first-order chi connectivity index (χ1) is 18.1. The van der Waals surface area contributed by atoms with Crippen molar-refractivity contribution in [1.82, 2.24) is 19.4 Å². The van der Waals surface area contributed by atoms with Crippen molar-refractivity contribution in [1.29, 1.82) is 0 Å². The number of hydrogen-bond acceptors (Lipinski definition) is 6. The van der Waals surface area contributed by atoms with E-state index >= 15 is 0 Å². The number of carbonyl (C=O) groups is 2. The topological polar surface area (TPSA) is 75.5 Å². The van der Waals surface area contributed by atoms with Crippen molar-refractivity contribution < 1.29 is 9.59 Å². The molecule has 7 nitrogen and oxygen atoms in total. The van der Waals surface area contributed by atoms with Crippen molar-refractivity contribution >= 4 is 45.1 Å². The van der Waals surface area contributed by atoms with E-state index < -0.39 is 0 Å². The van der Waals surface area contributed by atoms with E-state index in [0.717, 1.165) is 25.1 Å². The van der Waals surface area contributed by atoms with Crippen LogP contribution in [0.25, 0.3) is 10.2 Å². The summed E-state index contributed by atoms with van der Waals surface area (Å²) < 4.78 is 1.71. The molecule has 0 spiro atoms. The Kier molecular flexibility index (Phi) is 8.98. The van der Waals surface area contributed by atoms with Gasteiger partial charge >= 0.3 is 0 Å². The summed E-state index contributed by atoms with van der Waals surface area (Å²) in [6.07, 6.45) is 2.44. The van der Waals surface area contributed by atoms with E-state index in [1.165, 1.54) is 28.0 Å². The molecule has 0 radical (unpaired) electrons. The molecule has 0 N–H and O–H groups in total. The molecule has 9 heteroatoms. The van der Waals surface area contributed by atoms with Gasteiger partial charge in [-0.25, -0.2) is 4.98 Å². The molecule has 0 aliphatic carbocycles. The lowest BCUT2D eigenvalue weighted by Crippen LogP contribution is -2.46. The number of aryl methyl sites for hydroxylation is 2. The standard InChI is InChI=1S/C29H38N4O3S2/c1-7-22(26(34)32-16-18(2)15-19(3)17-32)37-29-30-25-23(20(4)24(38-25)28(36)31(5)6)27(35)33(29)14-13-21-11-9-8-10-12-21/h8-12,18-19,22H,7,13-17H2,1-6H3. The van der Waals surface area contributed by atoms with Crippen LogP contribution >= 0.6 is 23.1 Å². The van der Waals surface area contributed by atoms with Crippen molar-refractivity contribution in [3.63, 3.8) is 0 Å². The predicted octanol–water partition coefficient (Wildman–Crippen LogP) is 5.09. The number of rotatable bonds is 8. The molecule has 3 heterocycles. The number of amides is 2. The third kappa shape index (κ3) is 5.99. The highest BCUT2D eigenvalue weighted by atomic mass is 32.2. The van der Waals surface area contributed by atoms with E-state index in [4.69, 9.17) is 4.98 Å². The second-order valence-corrected chi connectivity index (χ2v) is 12.9. The second kappa shape index (κ2) is 12.0. The smallest absolute Gasteiger partial charge is 0.263 e. The van der Waals surface area contributed by atoms with E-state index in [-0.39, 0.29) is 22.6 Å². The SMILES string of the molecule is CCC(Sc1nc2sc(C(=O)N(C)C)c(C)c2c(=O)n1CCc1ccccc1)C(=O)N1CC(C)CC(C)C1. The number of likely N-dealkylation sites (tertiary alicyclic amines) is 1. The van der Waals surface area contributed by atoms with Crippen LogP contribution in [-0.4, -0.2) is 63.6 Å². The monoisotopic (exact) mass is 554 g/mol. The maximum absolute atomic E-state index is 13.9. The highest BCUT2D eigenvalue weighted by Crippen LogP contribution is 2.33. The Hall–Kier alpha value is -2.65. The van der Waals surface area contributed by atoms with Gasteiger partial charge in [-0.2, -0.15) is 0 Å².